The standard InChI is InChI=1S/C14H20N4O2S/c1-2-3-4-7-15-13(19)10-21-14-17-16-11-18(14)9-12-6-5-8-20-12/h5-6,8,11H,2-4,7,9-10H2,1H3,(H,15,19). The van der Waals surface area contributed by atoms with E-state index in [1.165, 1.54) is 11.8 Å². The van der Waals surface area contributed by atoms with Crippen molar-refractivity contribution in [1.29, 1.82) is 0 Å². The summed E-state index contributed by atoms with van der Waals surface area (Å²) in [6.45, 7) is 3.45. The van der Waals surface area contributed by atoms with Crippen LogP contribution in [0.3, 0.4) is 0 Å². The van der Waals surface area contributed by atoms with Gasteiger partial charge in [0, 0.05) is 6.54 Å². The van der Waals surface area contributed by atoms with Crippen molar-refractivity contribution in [1.82, 2.24) is 20.1 Å². The highest BCUT2D eigenvalue weighted by Crippen LogP contribution is 2.16. The summed E-state index contributed by atoms with van der Waals surface area (Å²) >= 11 is 1.38. The predicted octanol–water partition coefficient (Wildman–Crippen LogP) is 2.32. The highest BCUT2D eigenvalue weighted by Gasteiger charge is 2.09. The van der Waals surface area contributed by atoms with Crippen molar-refractivity contribution in [2.75, 3.05) is 12.3 Å². The molecule has 2 heterocycles. The Morgan fingerprint density at radius 1 is 1.48 bits per heavy atom. The maximum absolute atomic E-state index is 11.7. The molecule has 0 fully saturated rings. The molecule has 2 rings (SSSR count). The van der Waals surface area contributed by atoms with Gasteiger partial charge in [-0.1, -0.05) is 31.5 Å². The van der Waals surface area contributed by atoms with Crippen molar-refractivity contribution >= 4 is 17.7 Å². The molecular formula is C14H20N4O2S. The zero-order valence-corrected chi connectivity index (χ0v) is 12.9. The summed E-state index contributed by atoms with van der Waals surface area (Å²) in [6, 6.07) is 3.74. The molecule has 21 heavy (non-hydrogen) atoms. The molecular weight excluding hydrogens is 288 g/mol. The van der Waals surface area contributed by atoms with Crippen LogP contribution in [0, 0.1) is 0 Å². The average Bonchev–Trinajstić information content (AvgIpc) is 3.14. The van der Waals surface area contributed by atoms with Crippen LogP contribution in [0.15, 0.2) is 34.3 Å². The van der Waals surface area contributed by atoms with E-state index in [0.29, 0.717) is 12.3 Å². The number of nitrogens with one attached hydrogen (secondary N) is 1. The Hall–Kier alpha value is -1.76. The van der Waals surface area contributed by atoms with E-state index in [1.54, 1.807) is 12.6 Å². The summed E-state index contributed by atoms with van der Waals surface area (Å²) < 4.78 is 7.17. The van der Waals surface area contributed by atoms with Crippen LogP contribution in [-0.4, -0.2) is 33.0 Å². The maximum atomic E-state index is 11.7. The summed E-state index contributed by atoms with van der Waals surface area (Å²) in [6.07, 6.45) is 6.60. The number of hydrogen-bond donors (Lipinski definition) is 1. The fourth-order valence-corrected chi connectivity index (χ4v) is 2.56. The van der Waals surface area contributed by atoms with E-state index in [0.717, 1.165) is 36.7 Å². The minimum absolute atomic E-state index is 0.0312. The second-order valence-electron chi connectivity index (χ2n) is 4.67. The van der Waals surface area contributed by atoms with Gasteiger partial charge in [0.1, 0.15) is 12.1 Å². The summed E-state index contributed by atoms with van der Waals surface area (Å²) in [5.41, 5.74) is 0. The molecule has 0 unspecified atom stereocenters. The topological polar surface area (TPSA) is 73.0 Å². The monoisotopic (exact) mass is 308 g/mol. The second-order valence-corrected chi connectivity index (χ2v) is 5.61. The van der Waals surface area contributed by atoms with Gasteiger partial charge < -0.3 is 14.3 Å². The quantitative estimate of drug-likeness (QED) is 0.568. The second kappa shape index (κ2) is 8.51. The van der Waals surface area contributed by atoms with Crippen molar-refractivity contribution in [3.05, 3.63) is 30.5 Å². The third-order valence-corrected chi connectivity index (χ3v) is 3.90. The van der Waals surface area contributed by atoms with E-state index in [-0.39, 0.29) is 5.91 Å². The molecule has 0 spiro atoms. The fraction of sp³-hybridized carbons (Fsp3) is 0.500. The van der Waals surface area contributed by atoms with Gasteiger partial charge >= 0.3 is 0 Å². The van der Waals surface area contributed by atoms with Gasteiger partial charge in [0.15, 0.2) is 5.16 Å². The summed E-state index contributed by atoms with van der Waals surface area (Å²) in [4.78, 5) is 11.7. The lowest BCUT2D eigenvalue weighted by molar-refractivity contribution is -0.118. The molecule has 0 aromatic carbocycles. The molecule has 2 aromatic heterocycles. The van der Waals surface area contributed by atoms with Gasteiger partial charge in [-0.2, -0.15) is 0 Å². The van der Waals surface area contributed by atoms with Crippen LogP contribution >= 0.6 is 11.8 Å². The van der Waals surface area contributed by atoms with Crippen LogP contribution < -0.4 is 5.32 Å². The summed E-state index contributed by atoms with van der Waals surface area (Å²) in [5.74, 6) is 1.22. The number of unbranched alkanes of at least 4 members (excludes halogenated alkanes) is 2. The van der Waals surface area contributed by atoms with Gasteiger partial charge in [0.25, 0.3) is 0 Å². The molecule has 0 atom stereocenters. The largest absolute Gasteiger partial charge is 0.467 e. The highest BCUT2D eigenvalue weighted by molar-refractivity contribution is 7.99. The summed E-state index contributed by atoms with van der Waals surface area (Å²) in [7, 11) is 0. The number of amides is 1. The lowest BCUT2D eigenvalue weighted by atomic mass is 10.2. The van der Waals surface area contributed by atoms with Gasteiger partial charge in [0.2, 0.25) is 5.91 Å². The van der Waals surface area contributed by atoms with Gasteiger partial charge in [-0.25, -0.2) is 0 Å². The SMILES string of the molecule is CCCCCNC(=O)CSc1nncn1Cc1ccco1. The highest BCUT2D eigenvalue weighted by atomic mass is 32.2. The molecule has 114 valence electrons. The smallest absolute Gasteiger partial charge is 0.230 e. The minimum atomic E-state index is 0.0312. The maximum Gasteiger partial charge on any atom is 0.230 e. The molecule has 0 bridgehead atoms. The van der Waals surface area contributed by atoms with E-state index >= 15 is 0 Å². The number of rotatable bonds is 9. The number of thioether (sulfide) groups is 1. The molecule has 0 aliphatic heterocycles. The van der Waals surface area contributed by atoms with Crippen molar-refractivity contribution in [2.24, 2.45) is 0 Å². The van der Waals surface area contributed by atoms with Crippen LogP contribution in [0.2, 0.25) is 0 Å². The fourth-order valence-electron chi connectivity index (χ4n) is 1.82. The van der Waals surface area contributed by atoms with Crippen molar-refractivity contribution in [3.8, 4) is 0 Å². The Balaban J connectivity index is 1.76. The number of carbonyl (C=O) groups excluding carboxylic acids is 1. The third-order valence-electron chi connectivity index (χ3n) is 2.92. The zero-order valence-electron chi connectivity index (χ0n) is 12.1. The molecule has 0 aliphatic rings. The minimum Gasteiger partial charge on any atom is -0.467 e. The molecule has 7 heteroatoms. The molecule has 0 radical (unpaired) electrons. The van der Waals surface area contributed by atoms with Gasteiger partial charge in [-0.05, 0) is 18.6 Å². The lowest BCUT2D eigenvalue weighted by Crippen LogP contribution is -2.26. The zero-order chi connectivity index (χ0) is 14.9. The van der Waals surface area contributed by atoms with Crippen LogP contribution in [-0.2, 0) is 11.3 Å². The molecule has 1 N–H and O–H groups in total. The van der Waals surface area contributed by atoms with Crippen LogP contribution in [0.1, 0.15) is 31.9 Å². The molecule has 0 aliphatic carbocycles. The van der Waals surface area contributed by atoms with E-state index in [1.807, 2.05) is 16.7 Å². The first kappa shape index (κ1) is 15.6. The first-order valence-electron chi connectivity index (χ1n) is 7.09. The van der Waals surface area contributed by atoms with Gasteiger partial charge in [0.05, 0.1) is 18.6 Å². The lowest BCUT2D eigenvalue weighted by Gasteiger charge is -2.05. The number of carbonyl (C=O) groups is 1. The normalized spacial score (nSPS) is 10.7. The molecule has 6 nitrogen and oxygen atoms in total. The average molecular weight is 308 g/mol. The van der Waals surface area contributed by atoms with Crippen molar-refractivity contribution in [2.45, 2.75) is 37.9 Å². The van der Waals surface area contributed by atoms with Gasteiger partial charge in [-0.15, -0.1) is 10.2 Å². The molecule has 2 aromatic rings. The van der Waals surface area contributed by atoms with Crippen LogP contribution in [0.4, 0.5) is 0 Å². The molecule has 0 saturated heterocycles. The Morgan fingerprint density at radius 2 is 2.38 bits per heavy atom. The van der Waals surface area contributed by atoms with Crippen LogP contribution in [0.25, 0.3) is 0 Å². The van der Waals surface area contributed by atoms with E-state index in [9.17, 15) is 4.79 Å². The number of aromatic nitrogens is 3. The number of hydrogen-bond acceptors (Lipinski definition) is 5. The number of nitrogens with zero attached hydrogens (tertiary/aromatic N) is 3. The van der Waals surface area contributed by atoms with E-state index in [4.69, 9.17) is 4.42 Å². The van der Waals surface area contributed by atoms with E-state index in [2.05, 4.69) is 22.4 Å². The summed E-state index contributed by atoms with van der Waals surface area (Å²) in [5, 5.41) is 11.5. The Labute approximate surface area is 128 Å². The van der Waals surface area contributed by atoms with Crippen molar-refractivity contribution in [3.63, 3.8) is 0 Å². The van der Waals surface area contributed by atoms with Gasteiger partial charge in [-0.3, -0.25) is 4.79 Å². The van der Waals surface area contributed by atoms with Crippen molar-refractivity contribution < 1.29 is 9.21 Å². The third kappa shape index (κ3) is 5.26. The van der Waals surface area contributed by atoms with E-state index < -0.39 is 0 Å². The Morgan fingerprint density at radius 3 is 3.14 bits per heavy atom. The predicted molar refractivity (Wildman–Crippen MR) is 81.1 cm³/mol. The Bertz CT molecular complexity index is 539. The van der Waals surface area contributed by atoms with Crippen LogP contribution in [0.5, 0.6) is 0 Å². The first-order valence-corrected chi connectivity index (χ1v) is 8.08. The molecule has 0 saturated carbocycles. The molecule has 1 amide bonds. The number of furan rings is 1. The first-order chi connectivity index (χ1) is 10.3. The Kier molecular flexibility index (Phi) is 6.33.